The first-order chi connectivity index (χ1) is 47.7. The number of aliphatic hydroxyl groups excluding tert-OH is 1. The number of phosphoric ester groups is 2. The van der Waals surface area contributed by atoms with E-state index in [4.69, 9.17) is 37.0 Å². The monoisotopic (exact) mass is 1420 g/mol. The minimum absolute atomic E-state index is 0.0762. The van der Waals surface area contributed by atoms with Crippen LogP contribution in [0.4, 0.5) is 0 Å². The van der Waals surface area contributed by atoms with E-state index in [9.17, 15) is 43.2 Å². The fraction of sp³-hybridized carbons (Fsp3) is 0.772. The number of carbonyl (C=O) groups is 4. The Morgan fingerprint density at radius 2 is 0.551 bits per heavy atom. The number of hydrogen-bond donors (Lipinski definition) is 3. The number of allylic oxidation sites excluding steroid dienone is 14. The standard InChI is InChI=1S/C79H140O17P2/c1-5-9-13-17-21-25-29-33-34-35-36-37-38-42-44-48-52-56-60-64-77(82)90-70-75(96-79(84)66-62-58-54-50-46-41-32-28-24-20-16-12-8-4)72-94-98(87,88)92-68-73(80)67-91-97(85,86)93-71-74(95-78(83)65-61-57-53-49-45-40-31-27-23-19-15-11-7-3)69-89-76(81)63-59-55-51-47-43-39-30-26-22-18-14-10-6-2/h9,13,16,20-21,25-26,28,30,32-34,36-37,73-75,80H,5-8,10-12,14-15,17-19,22-24,27,29,31,35,38-72H2,1-4H3,(H,85,86)(H,87,88)/b13-9-,20-16-,25-21-,30-26-,32-28-,34-33-,37-36-. The first-order valence-corrected chi connectivity index (χ1v) is 41.8. The molecule has 5 unspecified atom stereocenters. The van der Waals surface area contributed by atoms with Crippen molar-refractivity contribution in [3.8, 4) is 0 Å². The van der Waals surface area contributed by atoms with E-state index < -0.39 is 97.5 Å². The maximum Gasteiger partial charge on any atom is 0.472 e. The highest BCUT2D eigenvalue weighted by Gasteiger charge is 2.30. The average molecular weight is 1420 g/mol. The lowest BCUT2D eigenvalue weighted by Crippen LogP contribution is -2.30. The maximum atomic E-state index is 13.1. The molecule has 0 rings (SSSR count). The van der Waals surface area contributed by atoms with Gasteiger partial charge in [0.25, 0.3) is 0 Å². The van der Waals surface area contributed by atoms with Crippen molar-refractivity contribution < 1.29 is 80.2 Å². The van der Waals surface area contributed by atoms with E-state index in [0.29, 0.717) is 25.7 Å². The van der Waals surface area contributed by atoms with Gasteiger partial charge in [0.15, 0.2) is 12.2 Å². The van der Waals surface area contributed by atoms with Gasteiger partial charge in [-0.1, -0.05) is 280 Å². The Labute approximate surface area is 595 Å². The van der Waals surface area contributed by atoms with Crippen LogP contribution < -0.4 is 0 Å². The van der Waals surface area contributed by atoms with Gasteiger partial charge in [-0.3, -0.25) is 37.3 Å². The first kappa shape index (κ1) is 94.2. The summed E-state index contributed by atoms with van der Waals surface area (Å²) >= 11 is 0. The Morgan fingerprint density at radius 3 is 0.878 bits per heavy atom. The number of aliphatic hydroxyl groups is 1. The third-order valence-corrected chi connectivity index (χ3v) is 18.2. The molecule has 5 atom stereocenters. The molecular weight excluding hydrogens is 1280 g/mol. The molecule has 0 fully saturated rings. The van der Waals surface area contributed by atoms with Gasteiger partial charge in [0.1, 0.15) is 19.3 Å². The predicted molar refractivity (Wildman–Crippen MR) is 399 cm³/mol. The van der Waals surface area contributed by atoms with E-state index in [1.54, 1.807) is 0 Å². The van der Waals surface area contributed by atoms with Gasteiger partial charge in [-0.15, -0.1) is 0 Å². The highest BCUT2D eigenvalue weighted by molar-refractivity contribution is 7.47. The molecule has 0 spiro atoms. The van der Waals surface area contributed by atoms with Crippen molar-refractivity contribution >= 4 is 39.5 Å². The zero-order chi connectivity index (χ0) is 71.8. The molecule has 0 aromatic carbocycles. The van der Waals surface area contributed by atoms with Gasteiger partial charge in [-0.05, 0) is 116 Å². The van der Waals surface area contributed by atoms with Crippen LogP contribution in [-0.4, -0.2) is 96.7 Å². The highest BCUT2D eigenvalue weighted by atomic mass is 31.2. The highest BCUT2D eigenvalue weighted by Crippen LogP contribution is 2.45. The summed E-state index contributed by atoms with van der Waals surface area (Å²) in [4.78, 5) is 72.8. The van der Waals surface area contributed by atoms with Gasteiger partial charge in [-0.25, -0.2) is 9.13 Å². The fourth-order valence-electron chi connectivity index (χ4n) is 10.4. The van der Waals surface area contributed by atoms with Crippen molar-refractivity contribution in [2.45, 2.75) is 354 Å². The molecule has 0 amide bonds. The lowest BCUT2D eigenvalue weighted by Gasteiger charge is -2.21. The second-order valence-electron chi connectivity index (χ2n) is 25.9. The zero-order valence-electron chi connectivity index (χ0n) is 62.0. The van der Waals surface area contributed by atoms with Crippen molar-refractivity contribution in [2.75, 3.05) is 39.6 Å². The van der Waals surface area contributed by atoms with Gasteiger partial charge in [0.05, 0.1) is 26.4 Å². The molecule has 0 aliphatic rings. The second-order valence-corrected chi connectivity index (χ2v) is 28.8. The number of carbonyl (C=O) groups excluding carboxylic acids is 4. The molecule has 0 aliphatic heterocycles. The first-order valence-electron chi connectivity index (χ1n) is 38.8. The lowest BCUT2D eigenvalue weighted by atomic mass is 10.0. The molecule has 568 valence electrons. The topological polar surface area (TPSA) is 237 Å². The Morgan fingerprint density at radius 1 is 0.296 bits per heavy atom. The number of rotatable bonds is 73. The number of hydrogen-bond acceptors (Lipinski definition) is 15. The molecule has 0 saturated carbocycles. The molecule has 0 saturated heterocycles. The van der Waals surface area contributed by atoms with Crippen LogP contribution in [0.3, 0.4) is 0 Å². The van der Waals surface area contributed by atoms with E-state index >= 15 is 0 Å². The molecule has 98 heavy (non-hydrogen) atoms. The smallest absolute Gasteiger partial charge is 0.462 e. The SMILES string of the molecule is CC/C=C\C/C=C\C/C=C\C/C=C\CCCCCCCCC(=O)OCC(COP(=O)(O)OCC(O)COP(=O)(O)OCC(COC(=O)CCCCCCC/C=C\CCCCCC)OC(=O)CCCCCCCCCCCCCCC)OC(=O)CCCCCCC/C=C\C/C=C\CCC. The van der Waals surface area contributed by atoms with Crippen LogP contribution >= 0.6 is 15.6 Å². The van der Waals surface area contributed by atoms with Crippen LogP contribution in [0.2, 0.25) is 0 Å². The van der Waals surface area contributed by atoms with E-state index in [1.165, 1.54) is 77.0 Å². The summed E-state index contributed by atoms with van der Waals surface area (Å²) < 4.78 is 68.5. The molecule has 0 aliphatic carbocycles. The molecule has 3 N–H and O–H groups in total. The van der Waals surface area contributed by atoms with Gasteiger partial charge in [0, 0.05) is 25.7 Å². The maximum absolute atomic E-state index is 13.1. The number of esters is 4. The van der Waals surface area contributed by atoms with Crippen LogP contribution in [-0.2, 0) is 65.4 Å². The van der Waals surface area contributed by atoms with Gasteiger partial charge in [-0.2, -0.15) is 0 Å². The zero-order valence-corrected chi connectivity index (χ0v) is 63.7. The molecule has 0 aromatic rings. The van der Waals surface area contributed by atoms with Crippen LogP contribution in [0.5, 0.6) is 0 Å². The quantitative estimate of drug-likeness (QED) is 0.0169. The van der Waals surface area contributed by atoms with Crippen LogP contribution in [0.15, 0.2) is 85.1 Å². The van der Waals surface area contributed by atoms with Crippen molar-refractivity contribution in [1.29, 1.82) is 0 Å². The van der Waals surface area contributed by atoms with Crippen LogP contribution in [0.25, 0.3) is 0 Å². The summed E-state index contributed by atoms with van der Waals surface area (Å²) in [6, 6.07) is 0. The van der Waals surface area contributed by atoms with E-state index in [-0.39, 0.29) is 25.7 Å². The molecular formula is C79H140O17P2. The van der Waals surface area contributed by atoms with Crippen molar-refractivity contribution in [2.24, 2.45) is 0 Å². The number of phosphoric acid groups is 2. The normalized spacial score (nSPS) is 14.4. The number of unbranched alkanes of at least 4 members (excludes halogenated alkanes) is 33. The van der Waals surface area contributed by atoms with Crippen molar-refractivity contribution in [3.05, 3.63) is 85.1 Å². The average Bonchev–Trinajstić information content (AvgIpc) is 0.966. The van der Waals surface area contributed by atoms with E-state index in [1.807, 2.05) is 0 Å². The molecule has 0 bridgehead atoms. The lowest BCUT2D eigenvalue weighted by molar-refractivity contribution is -0.161. The Hall–Kier alpha value is -3.76. The Kier molecular flexibility index (Phi) is 68.9. The Balaban J connectivity index is 5.32. The minimum atomic E-state index is -4.98. The van der Waals surface area contributed by atoms with E-state index in [0.717, 1.165) is 180 Å². The van der Waals surface area contributed by atoms with Crippen molar-refractivity contribution in [3.63, 3.8) is 0 Å². The molecule has 0 aromatic heterocycles. The molecule has 19 heteroatoms. The van der Waals surface area contributed by atoms with Gasteiger partial charge in [0.2, 0.25) is 0 Å². The minimum Gasteiger partial charge on any atom is -0.462 e. The third-order valence-electron chi connectivity index (χ3n) is 16.3. The largest absolute Gasteiger partial charge is 0.472 e. The van der Waals surface area contributed by atoms with Crippen LogP contribution in [0.1, 0.15) is 336 Å². The Bertz CT molecular complexity index is 2190. The molecule has 17 nitrogen and oxygen atoms in total. The number of ether oxygens (including phenoxy) is 4. The fourth-order valence-corrected chi connectivity index (χ4v) is 12.0. The summed E-state index contributed by atoms with van der Waals surface area (Å²) in [5.74, 6) is -2.19. The van der Waals surface area contributed by atoms with Gasteiger partial charge < -0.3 is 33.8 Å². The summed E-state index contributed by atoms with van der Waals surface area (Å²) in [5.41, 5.74) is 0. The van der Waals surface area contributed by atoms with Crippen molar-refractivity contribution in [1.82, 2.24) is 0 Å². The van der Waals surface area contributed by atoms with E-state index in [2.05, 4.69) is 113 Å². The second kappa shape index (κ2) is 71.6. The predicted octanol–water partition coefficient (Wildman–Crippen LogP) is 22.2. The molecule has 0 heterocycles. The summed E-state index contributed by atoms with van der Waals surface area (Å²) in [5, 5.41) is 10.6. The molecule has 0 radical (unpaired) electrons. The van der Waals surface area contributed by atoms with Crippen LogP contribution in [0, 0.1) is 0 Å². The summed E-state index contributed by atoms with van der Waals surface area (Å²) in [7, 11) is -9.95. The van der Waals surface area contributed by atoms with Gasteiger partial charge >= 0.3 is 39.5 Å². The third kappa shape index (κ3) is 70.7. The summed E-state index contributed by atoms with van der Waals surface area (Å²) in [6.07, 6.45) is 72.8. The summed E-state index contributed by atoms with van der Waals surface area (Å²) in [6.45, 7) is 4.68.